The van der Waals surface area contributed by atoms with Gasteiger partial charge in [0.25, 0.3) is 0 Å². The van der Waals surface area contributed by atoms with Crippen molar-refractivity contribution < 1.29 is 4.39 Å². The number of hydrogen-bond donors (Lipinski definition) is 2. The van der Waals surface area contributed by atoms with Crippen molar-refractivity contribution in [2.24, 2.45) is 0 Å². The van der Waals surface area contributed by atoms with E-state index in [1.807, 2.05) is 0 Å². The Hall–Kier alpha value is -1.58. The van der Waals surface area contributed by atoms with E-state index in [4.69, 9.17) is 0 Å². The van der Waals surface area contributed by atoms with Crippen LogP contribution < -0.4 is 5.69 Å². The molecular weight excluding hydrogens is 159 g/mol. The normalized spacial score (nSPS) is 10.8. The first kappa shape index (κ1) is 7.09. The summed E-state index contributed by atoms with van der Waals surface area (Å²) in [4.78, 5) is 15.9. The second-order valence-electron chi connectivity index (χ2n) is 2.55. The molecule has 4 heteroatoms. The zero-order valence-corrected chi connectivity index (χ0v) is 6.23. The summed E-state index contributed by atoms with van der Waals surface area (Å²) in [6, 6.07) is 5.08. The van der Waals surface area contributed by atoms with Crippen molar-refractivity contribution >= 4 is 11.0 Å². The van der Waals surface area contributed by atoms with Crippen molar-refractivity contribution in [3.05, 3.63) is 34.2 Å². The highest BCUT2D eigenvalue weighted by Crippen LogP contribution is 2.13. The van der Waals surface area contributed by atoms with Crippen LogP contribution in [-0.2, 0) is 6.67 Å². The summed E-state index contributed by atoms with van der Waals surface area (Å²) >= 11 is 0. The maximum Gasteiger partial charge on any atom is 0.323 e. The quantitative estimate of drug-likeness (QED) is 0.659. The summed E-state index contributed by atoms with van der Waals surface area (Å²) in [5.74, 6) is 0. The van der Waals surface area contributed by atoms with Crippen LogP contribution in [0.2, 0.25) is 0 Å². The Kier molecular flexibility index (Phi) is 1.46. The summed E-state index contributed by atoms with van der Waals surface area (Å²) < 4.78 is 12.3. The molecule has 0 saturated heterocycles. The first-order valence-electron chi connectivity index (χ1n) is 3.57. The molecule has 1 heterocycles. The Labute approximate surface area is 67.2 Å². The fraction of sp³-hybridized carbons (Fsp3) is 0.125. The van der Waals surface area contributed by atoms with Crippen molar-refractivity contribution in [3.63, 3.8) is 0 Å². The van der Waals surface area contributed by atoms with Crippen LogP contribution in [-0.4, -0.2) is 9.97 Å². The number of H-pyrrole nitrogens is 2. The molecule has 2 N–H and O–H groups in total. The zero-order valence-electron chi connectivity index (χ0n) is 6.23. The fourth-order valence-corrected chi connectivity index (χ4v) is 1.23. The number of alkyl halides is 1. The highest BCUT2D eigenvalue weighted by atomic mass is 19.1. The highest BCUT2D eigenvalue weighted by Gasteiger charge is 2.02. The summed E-state index contributed by atoms with van der Waals surface area (Å²) in [6.45, 7) is -0.564. The standard InChI is InChI=1S/C8H7FN2O/c9-4-5-2-1-3-6-7(5)11-8(12)10-6/h1-3H,4H2,(H2,10,11,12). The lowest BCUT2D eigenvalue weighted by Crippen LogP contribution is -1.99. The number of para-hydroxylation sites is 1. The van der Waals surface area contributed by atoms with Crippen LogP contribution in [0, 0.1) is 0 Å². The maximum atomic E-state index is 12.3. The molecule has 2 aromatic rings. The molecule has 2 rings (SSSR count). The van der Waals surface area contributed by atoms with Gasteiger partial charge in [-0.3, -0.25) is 0 Å². The number of nitrogens with one attached hydrogen (secondary N) is 2. The van der Waals surface area contributed by atoms with Gasteiger partial charge in [0.15, 0.2) is 0 Å². The maximum absolute atomic E-state index is 12.3. The van der Waals surface area contributed by atoms with Gasteiger partial charge in [0.2, 0.25) is 0 Å². The number of fused-ring (bicyclic) bond motifs is 1. The molecule has 0 aliphatic heterocycles. The average molecular weight is 166 g/mol. The monoisotopic (exact) mass is 166 g/mol. The van der Waals surface area contributed by atoms with E-state index in [0.29, 0.717) is 16.6 Å². The first-order chi connectivity index (χ1) is 5.81. The predicted octanol–water partition coefficient (Wildman–Crippen LogP) is 1.33. The van der Waals surface area contributed by atoms with Crippen molar-refractivity contribution in [1.82, 2.24) is 9.97 Å². The van der Waals surface area contributed by atoms with E-state index in [2.05, 4.69) is 9.97 Å². The van der Waals surface area contributed by atoms with Crippen LogP contribution in [0.25, 0.3) is 11.0 Å². The second kappa shape index (κ2) is 2.48. The number of aromatic nitrogens is 2. The van der Waals surface area contributed by atoms with Gasteiger partial charge in [0.05, 0.1) is 11.0 Å². The van der Waals surface area contributed by atoms with E-state index in [9.17, 15) is 9.18 Å². The van der Waals surface area contributed by atoms with E-state index in [1.165, 1.54) is 0 Å². The topological polar surface area (TPSA) is 48.6 Å². The summed E-state index contributed by atoms with van der Waals surface area (Å²) in [5.41, 5.74) is 1.41. The van der Waals surface area contributed by atoms with Gasteiger partial charge in [-0.2, -0.15) is 0 Å². The third-order valence-electron chi connectivity index (χ3n) is 1.78. The molecule has 3 nitrogen and oxygen atoms in total. The van der Waals surface area contributed by atoms with Gasteiger partial charge in [-0.05, 0) is 6.07 Å². The van der Waals surface area contributed by atoms with E-state index in [-0.39, 0.29) is 5.69 Å². The van der Waals surface area contributed by atoms with E-state index in [0.717, 1.165) is 0 Å². The molecule has 1 aromatic carbocycles. The van der Waals surface area contributed by atoms with Crippen molar-refractivity contribution in [1.29, 1.82) is 0 Å². The van der Waals surface area contributed by atoms with Gasteiger partial charge in [-0.15, -0.1) is 0 Å². The average Bonchev–Trinajstić information content (AvgIpc) is 2.44. The summed E-state index contributed by atoms with van der Waals surface area (Å²) in [6.07, 6.45) is 0. The van der Waals surface area contributed by atoms with Crippen LogP contribution in [0.5, 0.6) is 0 Å². The van der Waals surface area contributed by atoms with Gasteiger partial charge in [-0.1, -0.05) is 12.1 Å². The number of benzene rings is 1. The number of rotatable bonds is 1. The van der Waals surface area contributed by atoms with Crippen LogP contribution in [0.3, 0.4) is 0 Å². The number of hydrogen-bond acceptors (Lipinski definition) is 1. The Bertz CT molecular complexity index is 457. The van der Waals surface area contributed by atoms with Crippen molar-refractivity contribution in [2.45, 2.75) is 6.67 Å². The van der Waals surface area contributed by atoms with Gasteiger partial charge in [0, 0.05) is 5.56 Å². The van der Waals surface area contributed by atoms with Crippen LogP contribution in [0.4, 0.5) is 4.39 Å². The lowest BCUT2D eigenvalue weighted by molar-refractivity contribution is 0.487. The minimum atomic E-state index is -0.564. The minimum Gasteiger partial charge on any atom is -0.306 e. The number of imidazole rings is 1. The molecule has 0 radical (unpaired) electrons. The first-order valence-corrected chi connectivity index (χ1v) is 3.57. The highest BCUT2D eigenvalue weighted by molar-refractivity contribution is 5.77. The molecule has 0 saturated carbocycles. The van der Waals surface area contributed by atoms with Crippen molar-refractivity contribution in [2.75, 3.05) is 0 Å². The van der Waals surface area contributed by atoms with Gasteiger partial charge >= 0.3 is 5.69 Å². The minimum absolute atomic E-state index is 0.300. The molecule has 0 amide bonds. The Balaban J connectivity index is 2.87. The van der Waals surface area contributed by atoms with Crippen LogP contribution in [0.1, 0.15) is 5.56 Å². The van der Waals surface area contributed by atoms with Crippen LogP contribution in [0.15, 0.2) is 23.0 Å². The fourth-order valence-electron chi connectivity index (χ4n) is 1.23. The molecule has 0 spiro atoms. The molecule has 0 aliphatic rings. The van der Waals surface area contributed by atoms with Crippen LogP contribution >= 0.6 is 0 Å². The SMILES string of the molecule is O=c1[nH]c2cccc(CF)c2[nH]1. The largest absolute Gasteiger partial charge is 0.323 e. The molecule has 0 atom stereocenters. The molecule has 0 bridgehead atoms. The van der Waals surface area contributed by atoms with Gasteiger partial charge in [0.1, 0.15) is 6.67 Å². The number of aromatic amines is 2. The molecule has 12 heavy (non-hydrogen) atoms. The third-order valence-corrected chi connectivity index (χ3v) is 1.78. The molecule has 0 unspecified atom stereocenters. The van der Waals surface area contributed by atoms with E-state index < -0.39 is 6.67 Å². The zero-order chi connectivity index (χ0) is 8.55. The lowest BCUT2D eigenvalue weighted by Gasteiger charge is -1.94. The van der Waals surface area contributed by atoms with Gasteiger partial charge < -0.3 is 9.97 Å². The van der Waals surface area contributed by atoms with Gasteiger partial charge in [-0.25, -0.2) is 9.18 Å². The smallest absolute Gasteiger partial charge is 0.306 e. The van der Waals surface area contributed by atoms with Crippen molar-refractivity contribution in [3.8, 4) is 0 Å². The Morgan fingerprint density at radius 1 is 1.33 bits per heavy atom. The molecule has 0 fully saturated rings. The summed E-state index contributed by atoms with van der Waals surface area (Å²) in [5, 5.41) is 0. The summed E-state index contributed by atoms with van der Waals surface area (Å²) in [7, 11) is 0. The Morgan fingerprint density at radius 2 is 2.17 bits per heavy atom. The Morgan fingerprint density at radius 3 is 2.92 bits per heavy atom. The number of halogens is 1. The second-order valence-corrected chi connectivity index (χ2v) is 2.55. The predicted molar refractivity (Wildman–Crippen MR) is 43.7 cm³/mol. The molecular formula is C8H7FN2O. The molecule has 0 aliphatic carbocycles. The van der Waals surface area contributed by atoms with E-state index in [1.54, 1.807) is 18.2 Å². The molecule has 1 aromatic heterocycles. The lowest BCUT2D eigenvalue weighted by atomic mass is 10.2. The van der Waals surface area contributed by atoms with E-state index >= 15 is 0 Å². The third kappa shape index (κ3) is 0.922. The molecule has 62 valence electrons.